The van der Waals surface area contributed by atoms with E-state index in [2.05, 4.69) is 10.3 Å². The lowest BCUT2D eigenvalue weighted by molar-refractivity contribution is 0.0690. The highest BCUT2D eigenvalue weighted by Crippen LogP contribution is 2.16. The number of rotatable bonds is 4. The van der Waals surface area contributed by atoms with Crippen LogP contribution in [0.1, 0.15) is 27.8 Å². The van der Waals surface area contributed by atoms with Gasteiger partial charge < -0.3 is 14.8 Å². The molecule has 6 nitrogen and oxygen atoms in total. The highest BCUT2D eigenvalue weighted by atomic mass is 16.4. The Kier molecular flexibility index (Phi) is 3.09. The number of hydrogen-bond acceptors (Lipinski definition) is 5. The number of hydrogen-bond donors (Lipinski definition) is 2. The molecule has 2 aromatic rings. The van der Waals surface area contributed by atoms with E-state index >= 15 is 0 Å². The van der Waals surface area contributed by atoms with E-state index in [1.54, 1.807) is 24.3 Å². The lowest BCUT2D eigenvalue weighted by atomic mass is 10.1. The first kappa shape index (κ1) is 11.8. The second-order valence-corrected chi connectivity index (χ2v) is 3.60. The van der Waals surface area contributed by atoms with Crippen molar-refractivity contribution in [2.24, 2.45) is 0 Å². The summed E-state index contributed by atoms with van der Waals surface area (Å²) in [5, 5.41) is 11.5. The van der Waals surface area contributed by atoms with Gasteiger partial charge in [0, 0.05) is 11.3 Å². The molecule has 0 bridgehead atoms. The number of aromatic nitrogens is 1. The maximum absolute atomic E-state index is 11.1. The van der Waals surface area contributed by atoms with E-state index in [0.29, 0.717) is 11.3 Å². The van der Waals surface area contributed by atoms with E-state index in [1.165, 1.54) is 6.92 Å². The molecule has 0 aliphatic heterocycles. The quantitative estimate of drug-likeness (QED) is 0.804. The first-order valence-corrected chi connectivity index (χ1v) is 5.13. The van der Waals surface area contributed by atoms with E-state index in [-0.39, 0.29) is 17.5 Å². The molecule has 2 N–H and O–H groups in total. The van der Waals surface area contributed by atoms with Gasteiger partial charge in [-0.1, -0.05) is 0 Å². The predicted molar refractivity (Wildman–Crippen MR) is 63.2 cm³/mol. The van der Waals surface area contributed by atoms with Crippen molar-refractivity contribution in [3.05, 3.63) is 41.8 Å². The summed E-state index contributed by atoms with van der Waals surface area (Å²) >= 11 is 0. The summed E-state index contributed by atoms with van der Waals surface area (Å²) in [6.45, 7) is 1.48. The number of carbonyl (C=O) groups is 2. The van der Waals surface area contributed by atoms with E-state index < -0.39 is 5.97 Å². The summed E-state index contributed by atoms with van der Waals surface area (Å²) in [5.74, 6) is -1.18. The molecular formula is C12H10N2O4. The van der Waals surface area contributed by atoms with Gasteiger partial charge in [0.25, 0.3) is 6.01 Å². The maximum atomic E-state index is 11.1. The van der Waals surface area contributed by atoms with Crippen LogP contribution in [0.3, 0.4) is 0 Å². The Bertz CT molecular complexity index is 586. The van der Waals surface area contributed by atoms with Gasteiger partial charge in [-0.3, -0.25) is 4.79 Å². The molecular weight excluding hydrogens is 236 g/mol. The van der Waals surface area contributed by atoms with Crippen molar-refractivity contribution in [2.75, 3.05) is 5.32 Å². The predicted octanol–water partition coefficient (Wildman–Crippen LogP) is 2.32. The fourth-order valence-corrected chi connectivity index (χ4v) is 1.34. The zero-order valence-corrected chi connectivity index (χ0v) is 9.51. The summed E-state index contributed by atoms with van der Waals surface area (Å²) in [7, 11) is 0. The molecule has 0 fully saturated rings. The van der Waals surface area contributed by atoms with Gasteiger partial charge in [0.05, 0.1) is 0 Å². The van der Waals surface area contributed by atoms with Crippen LogP contribution in [0.4, 0.5) is 11.7 Å². The molecule has 0 atom stereocenters. The fourth-order valence-electron chi connectivity index (χ4n) is 1.34. The fraction of sp³-hybridized carbons (Fsp3) is 0.0833. The third-order valence-corrected chi connectivity index (χ3v) is 2.27. The minimum atomic E-state index is -1.15. The minimum absolute atomic E-state index is 0.0224. The molecule has 0 saturated carbocycles. The number of aromatic carboxylic acids is 1. The molecule has 0 spiro atoms. The van der Waals surface area contributed by atoms with Gasteiger partial charge >= 0.3 is 5.97 Å². The van der Waals surface area contributed by atoms with Gasteiger partial charge in [-0.2, -0.15) is 4.98 Å². The Morgan fingerprint density at radius 3 is 2.44 bits per heavy atom. The molecule has 1 aromatic carbocycles. The molecule has 0 saturated heterocycles. The van der Waals surface area contributed by atoms with Crippen LogP contribution in [0.5, 0.6) is 0 Å². The summed E-state index contributed by atoms with van der Waals surface area (Å²) in [5.41, 5.74) is 1.08. The molecule has 6 heteroatoms. The van der Waals surface area contributed by atoms with Crippen molar-refractivity contribution in [1.29, 1.82) is 0 Å². The van der Waals surface area contributed by atoms with E-state index in [0.717, 1.165) is 6.26 Å². The minimum Gasteiger partial charge on any atom is -0.476 e. The van der Waals surface area contributed by atoms with Crippen LogP contribution in [-0.4, -0.2) is 21.8 Å². The summed E-state index contributed by atoms with van der Waals surface area (Å²) < 4.78 is 4.94. The number of nitrogens with zero attached hydrogens (tertiary/aromatic N) is 1. The molecule has 1 aromatic heterocycles. The van der Waals surface area contributed by atoms with Gasteiger partial charge in [0.15, 0.2) is 11.5 Å². The highest BCUT2D eigenvalue weighted by Gasteiger charge is 2.10. The lowest BCUT2D eigenvalue weighted by Crippen LogP contribution is -1.97. The molecule has 2 rings (SSSR count). The van der Waals surface area contributed by atoms with Gasteiger partial charge in [-0.05, 0) is 31.2 Å². The molecule has 0 aliphatic carbocycles. The average Bonchev–Trinajstić information content (AvgIpc) is 2.78. The van der Waals surface area contributed by atoms with Crippen LogP contribution in [-0.2, 0) is 0 Å². The zero-order valence-electron chi connectivity index (χ0n) is 9.51. The van der Waals surface area contributed by atoms with Crippen LogP contribution in [0, 0.1) is 0 Å². The van der Waals surface area contributed by atoms with E-state index in [1.807, 2.05) is 0 Å². The second kappa shape index (κ2) is 4.70. The van der Waals surface area contributed by atoms with Gasteiger partial charge in [-0.15, -0.1) is 0 Å². The van der Waals surface area contributed by atoms with Crippen molar-refractivity contribution in [2.45, 2.75) is 6.92 Å². The average molecular weight is 246 g/mol. The number of Topliss-reactive ketones (excluding diaryl/α,β-unsaturated/α-hetero) is 1. The van der Waals surface area contributed by atoms with Gasteiger partial charge in [0.1, 0.15) is 6.26 Å². The van der Waals surface area contributed by atoms with Gasteiger partial charge in [0.2, 0.25) is 0 Å². The van der Waals surface area contributed by atoms with Crippen LogP contribution in [0.25, 0.3) is 0 Å². The van der Waals surface area contributed by atoms with Crippen LogP contribution in [0.2, 0.25) is 0 Å². The monoisotopic (exact) mass is 246 g/mol. The number of anilines is 2. The van der Waals surface area contributed by atoms with Crippen LogP contribution < -0.4 is 5.32 Å². The maximum Gasteiger partial charge on any atom is 0.357 e. The summed E-state index contributed by atoms with van der Waals surface area (Å²) in [6, 6.07) is 6.77. The first-order valence-electron chi connectivity index (χ1n) is 5.13. The Hall–Kier alpha value is -2.63. The third-order valence-electron chi connectivity index (χ3n) is 2.27. The Balaban J connectivity index is 2.13. The van der Waals surface area contributed by atoms with Gasteiger partial charge in [-0.25, -0.2) is 4.79 Å². The Labute approximate surface area is 102 Å². The first-order chi connectivity index (χ1) is 8.56. The largest absolute Gasteiger partial charge is 0.476 e. The number of carboxylic acid groups (broad SMARTS) is 1. The van der Waals surface area contributed by atoms with Crippen LogP contribution in [0.15, 0.2) is 34.9 Å². The topological polar surface area (TPSA) is 92.4 Å². The summed E-state index contributed by atoms with van der Waals surface area (Å²) in [6.07, 6.45) is 1.05. The number of carbonyl (C=O) groups excluding carboxylic acids is 1. The molecule has 0 radical (unpaired) electrons. The molecule has 1 heterocycles. The van der Waals surface area contributed by atoms with Crippen molar-refractivity contribution in [1.82, 2.24) is 4.98 Å². The van der Waals surface area contributed by atoms with Crippen LogP contribution >= 0.6 is 0 Å². The normalized spacial score (nSPS) is 10.1. The highest BCUT2D eigenvalue weighted by molar-refractivity contribution is 5.94. The van der Waals surface area contributed by atoms with E-state index in [9.17, 15) is 9.59 Å². The second-order valence-electron chi connectivity index (χ2n) is 3.60. The number of carboxylic acids is 1. The Morgan fingerprint density at radius 2 is 1.94 bits per heavy atom. The SMILES string of the molecule is CC(=O)c1ccc(Nc2nc(C(=O)O)co2)cc1. The smallest absolute Gasteiger partial charge is 0.357 e. The number of benzene rings is 1. The molecule has 0 amide bonds. The van der Waals surface area contributed by atoms with Crippen molar-refractivity contribution >= 4 is 23.5 Å². The third kappa shape index (κ3) is 2.54. The molecule has 0 unspecified atom stereocenters. The summed E-state index contributed by atoms with van der Waals surface area (Å²) in [4.78, 5) is 25.4. The van der Waals surface area contributed by atoms with Crippen molar-refractivity contribution in [3.8, 4) is 0 Å². The number of ketones is 1. The standard InChI is InChI=1S/C12H10N2O4/c1-7(15)8-2-4-9(5-3-8)13-12-14-10(6-18-12)11(16)17/h2-6H,1H3,(H,13,14)(H,16,17). The number of oxazole rings is 1. The molecule has 18 heavy (non-hydrogen) atoms. The Morgan fingerprint density at radius 1 is 1.28 bits per heavy atom. The molecule has 0 aliphatic rings. The van der Waals surface area contributed by atoms with Crippen molar-refractivity contribution < 1.29 is 19.1 Å². The molecule has 92 valence electrons. The lowest BCUT2D eigenvalue weighted by Gasteiger charge is -2.01. The number of nitrogens with one attached hydrogen (secondary N) is 1. The zero-order chi connectivity index (χ0) is 13.1. The van der Waals surface area contributed by atoms with Crippen molar-refractivity contribution in [3.63, 3.8) is 0 Å². The van der Waals surface area contributed by atoms with E-state index in [4.69, 9.17) is 9.52 Å².